The molecular formula is C15H23Br2N. The van der Waals surface area contributed by atoms with E-state index in [9.17, 15) is 0 Å². The number of halogens is 2. The highest BCUT2D eigenvalue weighted by Gasteiger charge is 2.14. The standard InChI is InChI=1S/C15H23Br2N/c1-4-6-7-8-15(18-5-2)12-10-13(16)11(3)9-14(12)17/h9-10,15,18H,4-8H2,1-3H3. The van der Waals surface area contributed by atoms with Crippen LogP contribution in [-0.2, 0) is 0 Å². The third-order valence-electron chi connectivity index (χ3n) is 3.20. The third-order valence-corrected chi connectivity index (χ3v) is 4.74. The fraction of sp³-hybridized carbons (Fsp3) is 0.600. The summed E-state index contributed by atoms with van der Waals surface area (Å²) in [6.07, 6.45) is 5.08. The molecule has 1 atom stereocenters. The maximum Gasteiger partial charge on any atom is 0.0331 e. The fourth-order valence-electron chi connectivity index (χ4n) is 2.14. The Morgan fingerprint density at radius 2 is 1.83 bits per heavy atom. The van der Waals surface area contributed by atoms with Gasteiger partial charge in [-0.1, -0.05) is 65.0 Å². The highest BCUT2D eigenvalue weighted by atomic mass is 79.9. The van der Waals surface area contributed by atoms with Crippen molar-refractivity contribution < 1.29 is 0 Å². The highest BCUT2D eigenvalue weighted by molar-refractivity contribution is 9.11. The number of nitrogens with one attached hydrogen (secondary N) is 1. The van der Waals surface area contributed by atoms with Crippen LogP contribution >= 0.6 is 31.9 Å². The van der Waals surface area contributed by atoms with Crippen molar-refractivity contribution in [2.24, 2.45) is 0 Å². The van der Waals surface area contributed by atoms with Crippen molar-refractivity contribution >= 4 is 31.9 Å². The molecule has 1 N–H and O–H groups in total. The molecule has 0 aromatic heterocycles. The molecular weight excluding hydrogens is 354 g/mol. The second-order valence-corrected chi connectivity index (χ2v) is 6.44. The van der Waals surface area contributed by atoms with Crippen molar-refractivity contribution in [3.05, 3.63) is 32.2 Å². The van der Waals surface area contributed by atoms with Gasteiger partial charge in [-0.25, -0.2) is 0 Å². The molecule has 1 rings (SSSR count). The average Bonchev–Trinajstić information content (AvgIpc) is 2.33. The Bertz CT molecular complexity index is 377. The predicted octanol–water partition coefficient (Wildman–Crippen LogP) is 5.75. The molecule has 1 aromatic rings. The molecule has 0 bridgehead atoms. The van der Waals surface area contributed by atoms with Crippen molar-refractivity contribution in [1.82, 2.24) is 5.32 Å². The Balaban J connectivity index is 2.87. The Morgan fingerprint density at radius 1 is 1.11 bits per heavy atom. The lowest BCUT2D eigenvalue weighted by Gasteiger charge is -2.20. The molecule has 1 unspecified atom stereocenters. The lowest BCUT2D eigenvalue weighted by Crippen LogP contribution is -2.21. The first-order valence-corrected chi connectivity index (χ1v) is 8.37. The van der Waals surface area contributed by atoms with Crippen LogP contribution in [-0.4, -0.2) is 6.54 Å². The van der Waals surface area contributed by atoms with Crippen molar-refractivity contribution in [2.75, 3.05) is 6.54 Å². The number of aryl methyl sites for hydroxylation is 1. The van der Waals surface area contributed by atoms with E-state index in [1.165, 1.54) is 45.8 Å². The molecule has 0 spiro atoms. The Hall–Kier alpha value is 0.140. The largest absolute Gasteiger partial charge is 0.310 e. The molecule has 0 saturated heterocycles. The molecule has 102 valence electrons. The van der Waals surface area contributed by atoms with Crippen LogP contribution in [0.15, 0.2) is 21.1 Å². The third kappa shape index (κ3) is 4.67. The van der Waals surface area contributed by atoms with Gasteiger partial charge in [0.15, 0.2) is 0 Å². The van der Waals surface area contributed by atoms with Gasteiger partial charge >= 0.3 is 0 Å². The van der Waals surface area contributed by atoms with Crippen molar-refractivity contribution in [2.45, 2.75) is 52.5 Å². The van der Waals surface area contributed by atoms with Crippen LogP contribution in [0.2, 0.25) is 0 Å². The van der Waals surface area contributed by atoms with Crippen LogP contribution in [0.1, 0.15) is 56.7 Å². The van der Waals surface area contributed by atoms with Gasteiger partial charge in [0.2, 0.25) is 0 Å². The van der Waals surface area contributed by atoms with Gasteiger partial charge in [-0.3, -0.25) is 0 Å². The Labute approximate surface area is 128 Å². The van der Waals surface area contributed by atoms with Crippen LogP contribution in [0, 0.1) is 6.92 Å². The molecule has 1 aromatic carbocycles. The maximum absolute atomic E-state index is 3.70. The number of rotatable bonds is 7. The first kappa shape index (κ1) is 16.2. The molecule has 0 amide bonds. The molecule has 0 heterocycles. The molecule has 0 radical (unpaired) electrons. The molecule has 0 fully saturated rings. The molecule has 18 heavy (non-hydrogen) atoms. The molecule has 1 nitrogen and oxygen atoms in total. The summed E-state index contributed by atoms with van der Waals surface area (Å²) in [4.78, 5) is 0. The first-order chi connectivity index (χ1) is 8.60. The van der Waals surface area contributed by atoms with E-state index in [-0.39, 0.29) is 0 Å². The molecule has 3 heteroatoms. The number of unbranched alkanes of at least 4 members (excludes halogenated alkanes) is 2. The van der Waals surface area contributed by atoms with E-state index < -0.39 is 0 Å². The second kappa shape index (κ2) is 8.34. The van der Waals surface area contributed by atoms with Gasteiger partial charge in [0, 0.05) is 15.0 Å². The van der Waals surface area contributed by atoms with Gasteiger partial charge in [0.1, 0.15) is 0 Å². The highest BCUT2D eigenvalue weighted by Crippen LogP contribution is 2.32. The summed E-state index contributed by atoms with van der Waals surface area (Å²) >= 11 is 7.33. The zero-order valence-electron chi connectivity index (χ0n) is 11.5. The Kier molecular flexibility index (Phi) is 7.50. The Morgan fingerprint density at radius 3 is 2.44 bits per heavy atom. The molecule has 0 aliphatic rings. The van der Waals surface area contributed by atoms with Crippen LogP contribution in [0.4, 0.5) is 0 Å². The predicted molar refractivity (Wildman–Crippen MR) is 87.1 cm³/mol. The maximum atomic E-state index is 3.70. The van der Waals surface area contributed by atoms with Crippen molar-refractivity contribution in [3.8, 4) is 0 Å². The lowest BCUT2D eigenvalue weighted by atomic mass is 9.99. The van der Waals surface area contributed by atoms with Gasteiger partial charge in [-0.2, -0.15) is 0 Å². The summed E-state index contributed by atoms with van der Waals surface area (Å²) in [5.74, 6) is 0. The normalized spacial score (nSPS) is 12.7. The van der Waals surface area contributed by atoms with Crippen molar-refractivity contribution in [3.63, 3.8) is 0 Å². The van der Waals surface area contributed by atoms with Gasteiger partial charge in [0.25, 0.3) is 0 Å². The van der Waals surface area contributed by atoms with E-state index in [0.717, 1.165) is 6.54 Å². The van der Waals surface area contributed by atoms with Crippen LogP contribution in [0.25, 0.3) is 0 Å². The average molecular weight is 377 g/mol. The van der Waals surface area contributed by atoms with E-state index in [0.29, 0.717) is 6.04 Å². The van der Waals surface area contributed by atoms with Gasteiger partial charge in [0.05, 0.1) is 0 Å². The summed E-state index contributed by atoms with van der Waals surface area (Å²) in [7, 11) is 0. The summed E-state index contributed by atoms with van der Waals surface area (Å²) in [5.41, 5.74) is 2.64. The van der Waals surface area contributed by atoms with Gasteiger partial charge < -0.3 is 5.32 Å². The fourth-order valence-corrected chi connectivity index (χ4v) is 3.24. The van der Waals surface area contributed by atoms with E-state index in [4.69, 9.17) is 0 Å². The van der Waals surface area contributed by atoms with Crippen LogP contribution in [0.3, 0.4) is 0 Å². The van der Waals surface area contributed by atoms with Crippen LogP contribution < -0.4 is 5.32 Å². The van der Waals surface area contributed by atoms with Crippen LogP contribution in [0.5, 0.6) is 0 Å². The van der Waals surface area contributed by atoms with Gasteiger partial charge in [-0.15, -0.1) is 0 Å². The minimum atomic E-state index is 0.452. The smallest absolute Gasteiger partial charge is 0.0331 e. The number of hydrogen-bond acceptors (Lipinski definition) is 1. The zero-order chi connectivity index (χ0) is 13.5. The first-order valence-electron chi connectivity index (χ1n) is 6.79. The van der Waals surface area contributed by atoms with Crippen molar-refractivity contribution in [1.29, 1.82) is 0 Å². The molecule has 0 aliphatic heterocycles. The molecule has 0 saturated carbocycles. The minimum Gasteiger partial charge on any atom is -0.310 e. The number of benzene rings is 1. The molecule has 0 aliphatic carbocycles. The summed E-state index contributed by atoms with van der Waals surface area (Å²) < 4.78 is 2.41. The summed E-state index contributed by atoms with van der Waals surface area (Å²) in [6.45, 7) is 7.55. The lowest BCUT2D eigenvalue weighted by molar-refractivity contribution is 0.485. The number of hydrogen-bond donors (Lipinski definition) is 1. The zero-order valence-corrected chi connectivity index (χ0v) is 14.7. The van der Waals surface area contributed by atoms with Gasteiger partial charge in [-0.05, 0) is 43.1 Å². The van der Waals surface area contributed by atoms with E-state index >= 15 is 0 Å². The van der Waals surface area contributed by atoms with E-state index in [1.807, 2.05) is 0 Å². The second-order valence-electron chi connectivity index (χ2n) is 4.73. The topological polar surface area (TPSA) is 12.0 Å². The summed E-state index contributed by atoms with van der Waals surface area (Å²) in [6, 6.07) is 4.90. The van der Waals surface area contributed by atoms with E-state index in [1.54, 1.807) is 0 Å². The van der Waals surface area contributed by atoms with E-state index in [2.05, 4.69) is 70.1 Å². The summed E-state index contributed by atoms with van der Waals surface area (Å²) in [5, 5.41) is 3.59. The minimum absolute atomic E-state index is 0.452. The quantitative estimate of drug-likeness (QED) is 0.597. The SMILES string of the molecule is CCCCCC(NCC)c1cc(Br)c(C)cc1Br. The monoisotopic (exact) mass is 375 g/mol.